The number of methoxy groups -OCH3 is 1. The van der Waals surface area contributed by atoms with E-state index in [2.05, 4.69) is 31.9 Å². The standard InChI is InChI=1S/C13H15Br2ClO3/c1-17-4-5-18-13-10(16)7-12(13)19-11-3-2-8(14)6-9(11)15/h2-3,6,10,12-13H,4-5,7H2,1H3. The maximum atomic E-state index is 6.15. The molecule has 0 N–H and O–H groups in total. The van der Waals surface area contributed by atoms with E-state index in [1.54, 1.807) is 7.11 Å². The van der Waals surface area contributed by atoms with Crippen molar-refractivity contribution in [2.75, 3.05) is 20.3 Å². The summed E-state index contributed by atoms with van der Waals surface area (Å²) in [7, 11) is 1.65. The molecule has 0 heterocycles. The molecular weight excluding hydrogens is 399 g/mol. The number of ether oxygens (including phenoxy) is 3. The summed E-state index contributed by atoms with van der Waals surface area (Å²) in [5.74, 6) is 0.803. The van der Waals surface area contributed by atoms with E-state index in [0.29, 0.717) is 13.2 Å². The monoisotopic (exact) mass is 412 g/mol. The van der Waals surface area contributed by atoms with Gasteiger partial charge >= 0.3 is 0 Å². The van der Waals surface area contributed by atoms with E-state index in [1.165, 1.54) is 0 Å². The molecule has 0 amide bonds. The molecule has 2 rings (SSSR count). The molecule has 1 saturated carbocycles. The van der Waals surface area contributed by atoms with Crippen molar-refractivity contribution in [3.63, 3.8) is 0 Å². The lowest BCUT2D eigenvalue weighted by Gasteiger charge is -2.40. The van der Waals surface area contributed by atoms with Crippen LogP contribution >= 0.6 is 43.5 Å². The Morgan fingerprint density at radius 3 is 2.74 bits per heavy atom. The minimum Gasteiger partial charge on any atom is -0.486 e. The molecule has 0 aliphatic heterocycles. The largest absolute Gasteiger partial charge is 0.486 e. The summed E-state index contributed by atoms with van der Waals surface area (Å²) in [6, 6.07) is 5.81. The zero-order valence-corrected chi connectivity index (χ0v) is 14.4. The van der Waals surface area contributed by atoms with Gasteiger partial charge < -0.3 is 14.2 Å². The van der Waals surface area contributed by atoms with Crippen LogP contribution in [0.15, 0.2) is 27.1 Å². The van der Waals surface area contributed by atoms with Gasteiger partial charge in [-0.05, 0) is 34.1 Å². The normalized spacial score (nSPS) is 26.0. The van der Waals surface area contributed by atoms with Crippen LogP contribution in [0.5, 0.6) is 5.75 Å². The van der Waals surface area contributed by atoms with Crippen molar-refractivity contribution < 1.29 is 14.2 Å². The molecule has 3 atom stereocenters. The van der Waals surface area contributed by atoms with E-state index < -0.39 is 0 Å². The Kier molecular flexibility index (Phi) is 5.96. The van der Waals surface area contributed by atoms with E-state index in [9.17, 15) is 0 Å². The summed E-state index contributed by atoms with van der Waals surface area (Å²) in [4.78, 5) is 0. The molecule has 19 heavy (non-hydrogen) atoms. The minimum absolute atomic E-state index is 0.00293. The maximum absolute atomic E-state index is 6.15. The molecule has 1 fully saturated rings. The van der Waals surface area contributed by atoms with Crippen molar-refractivity contribution in [2.24, 2.45) is 0 Å². The lowest BCUT2D eigenvalue weighted by molar-refractivity contribution is -0.0900. The third kappa shape index (κ3) is 4.08. The van der Waals surface area contributed by atoms with Crippen molar-refractivity contribution in [2.45, 2.75) is 24.0 Å². The molecule has 1 aromatic rings. The minimum atomic E-state index is -0.0765. The fourth-order valence-corrected chi connectivity index (χ4v) is 3.41. The zero-order valence-electron chi connectivity index (χ0n) is 10.4. The SMILES string of the molecule is COCCOC1C(Cl)CC1Oc1ccc(Br)cc1Br. The average Bonchev–Trinajstić information content (AvgIpc) is 2.37. The fourth-order valence-electron chi connectivity index (χ4n) is 1.86. The van der Waals surface area contributed by atoms with Crippen molar-refractivity contribution in [3.05, 3.63) is 27.1 Å². The highest BCUT2D eigenvalue weighted by Gasteiger charge is 2.43. The zero-order chi connectivity index (χ0) is 13.8. The first kappa shape index (κ1) is 15.6. The van der Waals surface area contributed by atoms with Gasteiger partial charge in [-0.1, -0.05) is 15.9 Å². The Bertz CT molecular complexity index is 430. The molecule has 1 aliphatic carbocycles. The summed E-state index contributed by atoms with van der Waals surface area (Å²) in [6.45, 7) is 1.10. The molecule has 1 aliphatic rings. The van der Waals surface area contributed by atoms with Crippen LogP contribution in [0.25, 0.3) is 0 Å². The van der Waals surface area contributed by atoms with Crippen LogP contribution in [-0.2, 0) is 9.47 Å². The van der Waals surface area contributed by atoms with E-state index >= 15 is 0 Å². The van der Waals surface area contributed by atoms with Crippen molar-refractivity contribution in [3.8, 4) is 5.75 Å². The van der Waals surface area contributed by atoms with Crippen LogP contribution in [0, 0.1) is 0 Å². The lowest BCUT2D eigenvalue weighted by atomic mass is 9.91. The Morgan fingerprint density at radius 2 is 2.11 bits per heavy atom. The third-order valence-electron chi connectivity index (χ3n) is 2.95. The fraction of sp³-hybridized carbons (Fsp3) is 0.538. The van der Waals surface area contributed by atoms with E-state index in [-0.39, 0.29) is 17.6 Å². The highest BCUT2D eigenvalue weighted by Crippen LogP contribution is 2.36. The second kappa shape index (κ2) is 7.27. The topological polar surface area (TPSA) is 27.7 Å². The lowest BCUT2D eigenvalue weighted by Crippen LogP contribution is -2.53. The summed E-state index contributed by atoms with van der Waals surface area (Å²) < 4.78 is 18.5. The van der Waals surface area contributed by atoms with Gasteiger partial charge in [-0.3, -0.25) is 0 Å². The Balaban J connectivity index is 1.91. The van der Waals surface area contributed by atoms with E-state index in [4.69, 9.17) is 25.8 Å². The van der Waals surface area contributed by atoms with Gasteiger partial charge in [0.15, 0.2) is 0 Å². The van der Waals surface area contributed by atoms with Gasteiger partial charge in [0.25, 0.3) is 0 Å². The van der Waals surface area contributed by atoms with Gasteiger partial charge in [0.1, 0.15) is 18.0 Å². The number of halogens is 3. The van der Waals surface area contributed by atoms with Crippen LogP contribution < -0.4 is 4.74 Å². The van der Waals surface area contributed by atoms with Crippen LogP contribution in [0.2, 0.25) is 0 Å². The second-order valence-electron chi connectivity index (χ2n) is 4.31. The predicted octanol–water partition coefficient (Wildman–Crippen LogP) is 4.00. The maximum Gasteiger partial charge on any atom is 0.134 e. The smallest absolute Gasteiger partial charge is 0.134 e. The van der Waals surface area contributed by atoms with Gasteiger partial charge in [0, 0.05) is 18.0 Å². The summed E-state index contributed by atoms with van der Waals surface area (Å²) >= 11 is 13.0. The second-order valence-corrected chi connectivity index (χ2v) is 6.64. The Labute approximate surface area is 134 Å². The van der Waals surface area contributed by atoms with Crippen molar-refractivity contribution in [1.29, 1.82) is 0 Å². The van der Waals surface area contributed by atoms with Crippen LogP contribution in [0.1, 0.15) is 6.42 Å². The molecule has 6 heteroatoms. The first-order valence-corrected chi connectivity index (χ1v) is 8.00. The molecule has 0 saturated heterocycles. The van der Waals surface area contributed by atoms with Crippen LogP contribution in [-0.4, -0.2) is 37.9 Å². The van der Waals surface area contributed by atoms with Crippen molar-refractivity contribution in [1.82, 2.24) is 0 Å². The first-order chi connectivity index (χ1) is 9.11. The third-order valence-corrected chi connectivity index (χ3v) is 4.49. The van der Waals surface area contributed by atoms with E-state index in [1.807, 2.05) is 18.2 Å². The molecule has 1 aromatic carbocycles. The van der Waals surface area contributed by atoms with Gasteiger partial charge in [-0.2, -0.15) is 0 Å². The number of hydrogen-bond donors (Lipinski definition) is 0. The van der Waals surface area contributed by atoms with Crippen LogP contribution in [0.4, 0.5) is 0 Å². The van der Waals surface area contributed by atoms with Gasteiger partial charge in [-0.15, -0.1) is 11.6 Å². The number of benzene rings is 1. The quantitative estimate of drug-likeness (QED) is 0.520. The number of hydrogen-bond acceptors (Lipinski definition) is 3. The van der Waals surface area contributed by atoms with Gasteiger partial charge in [-0.25, -0.2) is 0 Å². The first-order valence-electron chi connectivity index (χ1n) is 5.98. The molecule has 0 bridgehead atoms. The molecule has 3 unspecified atom stereocenters. The molecule has 3 nitrogen and oxygen atoms in total. The van der Waals surface area contributed by atoms with Crippen LogP contribution in [0.3, 0.4) is 0 Å². The predicted molar refractivity (Wildman–Crippen MR) is 82.1 cm³/mol. The number of rotatable bonds is 6. The average molecular weight is 415 g/mol. The van der Waals surface area contributed by atoms with Gasteiger partial charge in [0.2, 0.25) is 0 Å². The molecule has 0 radical (unpaired) electrons. The summed E-state index contributed by atoms with van der Waals surface area (Å²) in [5, 5.41) is 0.0103. The summed E-state index contributed by atoms with van der Waals surface area (Å²) in [5.41, 5.74) is 0. The Morgan fingerprint density at radius 1 is 1.32 bits per heavy atom. The molecule has 106 valence electrons. The molecule has 0 spiro atoms. The highest BCUT2D eigenvalue weighted by molar-refractivity contribution is 9.11. The van der Waals surface area contributed by atoms with E-state index in [0.717, 1.165) is 21.1 Å². The van der Waals surface area contributed by atoms with Crippen molar-refractivity contribution >= 4 is 43.5 Å². The number of alkyl halides is 1. The van der Waals surface area contributed by atoms with Gasteiger partial charge in [0.05, 0.1) is 23.1 Å². The summed E-state index contributed by atoms with van der Waals surface area (Å²) in [6.07, 6.45) is 0.714. The highest BCUT2D eigenvalue weighted by atomic mass is 79.9. The molecular formula is C13H15Br2ClO3. The Hall–Kier alpha value is 0.190. The molecule has 0 aromatic heterocycles.